The van der Waals surface area contributed by atoms with Gasteiger partial charge in [-0.25, -0.2) is 4.79 Å². The number of hydrogen-bond donors (Lipinski definition) is 2. The lowest BCUT2D eigenvalue weighted by molar-refractivity contribution is 0.252. The monoisotopic (exact) mass is 302 g/mol. The summed E-state index contributed by atoms with van der Waals surface area (Å²) in [6.07, 6.45) is 0.871. The molecule has 0 saturated heterocycles. The highest BCUT2D eigenvalue weighted by atomic mass is 32.1. The van der Waals surface area contributed by atoms with Gasteiger partial charge in [-0.3, -0.25) is 0 Å². The van der Waals surface area contributed by atoms with E-state index in [1.54, 1.807) is 11.3 Å². The molecule has 0 aliphatic rings. The van der Waals surface area contributed by atoms with Crippen LogP contribution in [0.15, 0.2) is 23.6 Å². The first-order valence-corrected chi connectivity index (χ1v) is 8.01. The summed E-state index contributed by atoms with van der Waals surface area (Å²) in [5.74, 6) is 0. The summed E-state index contributed by atoms with van der Waals surface area (Å²) >= 11 is 1.77. The lowest BCUT2D eigenvalue weighted by Crippen LogP contribution is -2.30. The Morgan fingerprint density at radius 2 is 1.95 bits per heavy atom. The third kappa shape index (κ3) is 4.08. The summed E-state index contributed by atoms with van der Waals surface area (Å²) in [5.41, 5.74) is 5.75. The van der Waals surface area contributed by atoms with Gasteiger partial charge >= 0.3 is 6.03 Å². The summed E-state index contributed by atoms with van der Waals surface area (Å²) in [5, 5.41) is 8.00. The average molecular weight is 302 g/mol. The zero-order chi connectivity index (χ0) is 15.4. The Kier molecular flexibility index (Phi) is 5.02. The van der Waals surface area contributed by atoms with E-state index in [4.69, 9.17) is 0 Å². The largest absolute Gasteiger partial charge is 0.338 e. The maximum absolute atomic E-state index is 11.9. The van der Waals surface area contributed by atoms with Crippen molar-refractivity contribution in [2.45, 2.75) is 34.1 Å². The van der Waals surface area contributed by atoms with Crippen molar-refractivity contribution in [1.29, 1.82) is 0 Å². The number of urea groups is 1. The maximum Gasteiger partial charge on any atom is 0.319 e. The molecule has 112 valence electrons. The molecular formula is C17H22N2OS. The van der Waals surface area contributed by atoms with Crippen molar-refractivity contribution in [2.24, 2.45) is 0 Å². The summed E-state index contributed by atoms with van der Waals surface area (Å²) < 4.78 is 0. The molecule has 1 heterocycles. The Morgan fingerprint density at radius 1 is 1.19 bits per heavy atom. The van der Waals surface area contributed by atoms with Gasteiger partial charge in [-0.05, 0) is 67.8 Å². The van der Waals surface area contributed by atoms with E-state index in [1.807, 2.05) is 32.0 Å². The van der Waals surface area contributed by atoms with Gasteiger partial charge in [-0.2, -0.15) is 0 Å². The van der Waals surface area contributed by atoms with Crippen LogP contribution in [0.5, 0.6) is 0 Å². The van der Waals surface area contributed by atoms with E-state index in [-0.39, 0.29) is 6.03 Å². The number of nitrogens with one attached hydrogen (secondary N) is 2. The SMILES string of the molecule is Cc1ccc(C)c(NC(=O)NCCc2csc(C)c2C)c1. The first kappa shape index (κ1) is 15.6. The van der Waals surface area contributed by atoms with Crippen molar-refractivity contribution < 1.29 is 4.79 Å². The number of benzene rings is 1. The maximum atomic E-state index is 11.9. The standard InChI is InChI=1S/C17H22N2OS/c1-11-5-6-12(2)16(9-11)19-17(20)18-8-7-15-10-21-14(4)13(15)3/h5-6,9-10H,7-8H2,1-4H3,(H2,18,19,20). The van der Waals surface area contributed by atoms with Crippen molar-refractivity contribution in [2.75, 3.05) is 11.9 Å². The van der Waals surface area contributed by atoms with Crippen molar-refractivity contribution in [3.8, 4) is 0 Å². The van der Waals surface area contributed by atoms with Gasteiger partial charge in [0.15, 0.2) is 0 Å². The minimum Gasteiger partial charge on any atom is -0.338 e. The van der Waals surface area contributed by atoms with Gasteiger partial charge in [0.05, 0.1) is 0 Å². The molecule has 0 aliphatic heterocycles. The molecule has 0 saturated carbocycles. The molecule has 0 spiro atoms. The van der Waals surface area contributed by atoms with Crippen LogP contribution >= 0.6 is 11.3 Å². The van der Waals surface area contributed by atoms with Gasteiger partial charge < -0.3 is 10.6 Å². The third-order valence-corrected chi connectivity index (χ3v) is 4.77. The molecule has 2 rings (SSSR count). The Balaban J connectivity index is 1.85. The van der Waals surface area contributed by atoms with Gasteiger partial charge in [0.25, 0.3) is 0 Å². The van der Waals surface area contributed by atoms with Crippen molar-refractivity contribution in [1.82, 2.24) is 5.32 Å². The molecule has 4 heteroatoms. The van der Waals surface area contributed by atoms with Crippen LogP contribution in [0.25, 0.3) is 0 Å². The topological polar surface area (TPSA) is 41.1 Å². The number of carbonyl (C=O) groups excluding carboxylic acids is 1. The Morgan fingerprint density at radius 3 is 2.62 bits per heavy atom. The molecular weight excluding hydrogens is 280 g/mol. The molecule has 0 unspecified atom stereocenters. The van der Waals surface area contributed by atoms with Crippen molar-refractivity contribution >= 4 is 23.1 Å². The van der Waals surface area contributed by atoms with Crippen molar-refractivity contribution in [3.05, 3.63) is 50.7 Å². The summed E-state index contributed by atoms with van der Waals surface area (Å²) in [7, 11) is 0. The summed E-state index contributed by atoms with van der Waals surface area (Å²) in [6, 6.07) is 5.90. The second-order valence-electron chi connectivity index (χ2n) is 5.39. The molecule has 21 heavy (non-hydrogen) atoms. The van der Waals surface area contributed by atoms with Crippen LogP contribution < -0.4 is 10.6 Å². The number of rotatable bonds is 4. The molecule has 1 aromatic heterocycles. The molecule has 2 N–H and O–H groups in total. The molecule has 0 radical (unpaired) electrons. The van der Waals surface area contributed by atoms with E-state index in [2.05, 4.69) is 29.9 Å². The minimum atomic E-state index is -0.145. The van der Waals surface area contributed by atoms with Gasteiger partial charge in [0, 0.05) is 17.1 Å². The van der Waals surface area contributed by atoms with Crippen LogP contribution in [0.4, 0.5) is 10.5 Å². The number of amides is 2. The van der Waals surface area contributed by atoms with Gasteiger partial charge in [-0.15, -0.1) is 11.3 Å². The van der Waals surface area contributed by atoms with Crippen LogP contribution in [0.3, 0.4) is 0 Å². The second-order valence-corrected chi connectivity index (χ2v) is 6.48. The second kappa shape index (κ2) is 6.76. The fraction of sp³-hybridized carbons (Fsp3) is 0.353. The number of carbonyl (C=O) groups is 1. The van der Waals surface area contributed by atoms with Crippen LogP contribution in [0.2, 0.25) is 0 Å². The van der Waals surface area contributed by atoms with Crippen LogP contribution in [0.1, 0.15) is 27.1 Å². The average Bonchev–Trinajstić information content (AvgIpc) is 2.75. The molecule has 0 aliphatic carbocycles. The zero-order valence-corrected chi connectivity index (χ0v) is 13.9. The number of anilines is 1. The quantitative estimate of drug-likeness (QED) is 0.866. The Bertz CT molecular complexity index is 646. The highest BCUT2D eigenvalue weighted by Gasteiger charge is 2.06. The molecule has 2 amide bonds. The molecule has 0 fully saturated rings. The molecule has 0 atom stereocenters. The van der Waals surface area contributed by atoms with Gasteiger partial charge in [0.2, 0.25) is 0 Å². The van der Waals surface area contributed by atoms with E-state index < -0.39 is 0 Å². The number of hydrogen-bond acceptors (Lipinski definition) is 2. The fourth-order valence-electron chi connectivity index (χ4n) is 2.16. The first-order chi connectivity index (χ1) is 9.97. The van der Waals surface area contributed by atoms with Gasteiger partial charge in [0.1, 0.15) is 0 Å². The zero-order valence-electron chi connectivity index (χ0n) is 13.0. The predicted molar refractivity (Wildman–Crippen MR) is 90.4 cm³/mol. The van der Waals surface area contributed by atoms with Gasteiger partial charge in [-0.1, -0.05) is 12.1 Å². The molecule has 2 aromatic rings. The van der Waals surface area contributed by atoms with E-state index in [0.717, 1.165) is 23.2 Å². The molecule has 0 bridgehead atoms. The normalized spacial score (nSPS) is 10.5. The smallest absolute Gasteiger partial charge is 0.319 e. The van der Waals surface area contributed by atoms with E-state index >= 15 is 0 Å². The molecule has 3 nitrogen and oxygen atoms in total. The summed E-state index contributed by atoms with van der Waals surface area (Å²) in [4.78, 5) is 13.3. The Hall–Kier alpha value is -1.81. The van der Waals surface area contributed by atoms with Crippen LogP contribution in [0, 0.1) is 27.7 Å². The Labute approximate surface area is 130 Å². The number of aryl methyl sites for hydroxylation is 3. The highest BCUT2D eigenvalue weighted by Crippen LogP contribution is 2.20. The van der Waals surface area contributed by atoms with E-state index in [0.29, 0.717) is 6.54 Å². The van der Waals surface area contributed by atoms with Crippen LogP contribution in [-0.2, 0) is 6.42 Å². The van der Waals surface area contributed by atoms with E-state index in [9.17, 15) is 4.79 Å². The van der Waals surface area contributed by atoms with E-state index in [1.165, 1.54) is 16.0 Å². The molecule has 1 aromatic carbocycles. The third-order valence-electron chi connectivity index (χ3n) is 3.71. The number of thiophene rings is 1. The lowest BCUT2D eigenvalue weighted by Gasteiger charge is -2.10. The summed E-state index contributed by atoms with van der Waals surface area (Å²) in [6.45, 7) is 8.92. The highest BCUT2D eigenvalue weighted by molar-refractivity contribution is 7.10. The lowest BCUT2D eigenvalue weighted by atomic mass is 10.1. The van der Waals surface area contributed by atoms with Crippen molar-refractivity contribution in [3.63, 3.8) is 0 Å². The first-order valence-electron chi connectivity index (χ1n) is 7.13. The van der Waals surface area contributed by atoms with Crippen LogP contribution in [-0.4, -0.2) is 12.6 Å². The fourth-order valence-corrected chi connectivity index (χ4v) is 3.08. The predicted octanol–water partition coefficient (Wildman–Crippen LogP) is 4.35. The minimum absolute atomic E-state index is 0.145.